The molecule has 0 aliphatic carbocycles. The summed E-state index contributed by atoms with van der Waals surface area (Å²) < 4.78 is 25.5. The molecule has 22 heavy (non-hydrogen) atoms. The lowest BCUT2D eigenvalue weighted by Crippen LogP contribution is -2.26. The van der Waals surface area contributed by atoms with Gasteiger partial charge >= 0.3 is 0 Å². The predicted molar refractivity (Wildman–Crippen MR) is 84.9 cm³/mol. The van der Waals surface area contributed by atoms with Crippen molar-refractivity contribution in [3.63, 3.8) is 0 Å². The second-order valence-electron chi connectivity index (χ2n) is 4.81. The average Bonchev–Trinajstić information content (AvgIpc) is 2.51. The lowest BCUT2D eigenvalue weighted by Gasteiger charge is -2.05. The number of rotatable bonds is 7. The molecular formula is C17H17F2NOS. The maximum atomic E-state index is 12.7. The van der Waals surface area contributed by atoms with Crippen molar-refractivity contribution in [2.24, 2.45) is 0 Å². The van der Waals surface area contributed by atoms with Gasteiger partial charge < -0.3 is 5.32 Å². The van der Waals surface area contributed by atoms with Crippen LogP contribution < -0.4 is 5.32 Å². The summed E-state index contributed by atoms with van der Waals surface area (Å²) in [5, 5.41) is 2.84. The highest BCUT2D eigenvalue weighted by Crippen LogP contribution is 2.18. The third-order valence-corrected chi connectivity index (χ3v) is 4.10. The van der Waals surface area contributed by atoms with Crippen LogP contribution in [0, 0.1) is 11.6 Å². The second-order valence-corrected chi connectivity index (χ2v) is 5.98. The van der Waals surface area contributed by atoms with Gasteiger partial charge in [-0.1, -0.05) is 12.1 Å². The molecule has 0 spiro atoms. The molecule has 0 heterocycles. The highest BCUT2D eigenvalue weighted by atomic mass is 32.2. The highest BCUT2D eigenvalue weighted by Gasteiger charge is 2.03. The first-order valence-corrected chi connectivity index (χ1v) is 8.01. The van der Waals surface area contributed by atoms with E-state index in [1.54, 1.807) is 36.0 Å². The number of nitrogens with one attached hydrogen (secondary N) is 1. The minimum Gasteiger partial charge on any atom is -0.356 e. The zero-order valence-electron chi connectivity index (χ0n) is 12.0. The normalized spacial score (nSPS) is 10.5. The van der Waals surface area contributed by atoms with Crippen LogP contribution in [0.5, 0.6) is 0 Å². The molecule has 2 aromatic rings. The van der Waals surface area contributed by atoms with E-state index in [1.165, 1.54) is 24.3 Å². The molecule has 1 amide bonds. The maximum absolute atomic E-state index is 12.7. The second kappa shape index (κ2) is 8.54. The minimum atomic E-state index is -0.304. The van der Waals surface area contributed by atoms with Crippen LogP contribution in [0.3, 0.4) is 0 Å². The lowest BCUT2D eigenvalue weighted by atomic mass is 10.1. The Kier molecular flexibility index (Phi) is 6.40. The first-order valence-electron chi connectivity index (χ1n) is 7.03. The number of carbonyl (C=O) groups excluding carboxylic acids is 1. The van der Waals surface area contributed by atoms with E-state index in [2.05, 4.69) is 5.32 Å². The molecule has 2 aromatic carbocycles. The molecule has 0 aliphatic heterocycles. The molecule has 2 rings (SSSR count). The van der Waals surface area contributed by atoms with Gasteiger partial charge in [0.1, 0.15) is 11.6 Å². The number of hydrogen-bond acceptors (Lipinski definition) is 2. The maximum Gasteiger partial charge on any atom is 0.224 e. The van der Waals surface area contributed by atoms with Crippen LogP contribution in [0.25, 0.3) is 0 Å². The Labute approximate surface area is 132 Å². The number of hydrogen-bond donors (Lipinski definition) is 1. The number of halogens is 2. The SMILES string of the molecule is O=C(Cc1ccc(F)cc1)NCCCSc1ccc(F)cc1. The van der Waals surface area contributed by atoms with E-state index in [0.717, 1.165) is 22.6 Å². The fourth-order valence-electron chi connectivity index (χ4n) is 1.87. The zero-order valence-corrected chi connectivity index (χ0v) is 12.8. The van der Waals surface area contributed by atoms with Crippen LogP contribution in [-0.4, -0.2) is 18.2 Å². The van der Waals surface area contributed by atoms with Gasteiger partial charge in [-0.3, -0.25) is 4.79 Å². The first kappa shape index (κ1) is 16.5. The Hall–Kier alpha value is -1.88. The fraction of sp³-hybridized carbons (Fsp3) is 0.235. The van der Waals surface area contributed by atoms with Gasteiger partial charge in [0.05, 0.1) is 6.42 Å². The summed E-state index contributed by atoms with van der Waals surface area (Å²) >= 11 is 1.63. The molecule has 0 unspecified atom stereocenters. The molecule has 0 fully saturated rings. The Morgan fingerprint density at radius 2 is 1.55 bits per heavy atom. The number of benzene rings is 2. The standard InChI is InChI=1S/C17H17F2NOS/c18-14-4-2-13(3-5-14)12-17(21)20-10-1-11-22-16-8-6-15(19)7-9-16/h2-9H,1,10-12H2,(H,20,21). The Balaban J connectivity index is 1.61. The lowest BCUT2D eigenvalue weighted by molar-refractivity contribution is -0.120. The quantitative estimate of drug-likeness (QED) is 0.621. The molecule has 5 heteroatoms. The Morgan fingerprint density at radius 1 is 0.955 bits per heavy atom. The molecule has 0 saturated carbocycles. The van der Waals surface area contributed by atoms with Crippen molar-refractivity contribution in [1.29, 1.82) is 0 Å². The van der Waals surface area contributed by atoms with E-state index >= 15 is 0 Å². The predicted octanol–water partition coefficient (Wildman–Crippen LogP) is 3.81. The molecule has 116 valence electrons. The smallest absolute Gasteiger partial charge is 0.224 e. The van der Waals surface area contributed by atoms with Gasteiger partial charge in [0.25, 0.3) is 0 Å². The van der Waals surface area contributed by atoms with Crippen molar-refractivity contribution < 1.29 is 13.6 Å². The minimum absolute atomic E-state index is 0.0709. The van der Waals surface area contributed by atoms with Crippen molar-refractivity contribution in [3.05, 3.63) is 65.7 Å². The van der Waals surface area contributed by atoms with E-state index in [1.807, 2.05) is 0 Å². The summed E-state index contributed by atoms with van der Waals surface area (Å²) in [7, 11) is 0. The fourth-order valence-corrected chi connectivity index (χ4v) is 2.72. The van der Waals surface area contributed by atoms with E-state index in [4.69, 9.17) is 0 Å². The molecule has 0 atom stereocenters. The van der Waals surface area contributed by atoms with Crippen molar-refractivity contribution >= 4 is 17.7 Å². The monoisotopic (exact) mass is 321 g/mol. The topological polar surface area (TPSA) is 29.1 Å². The van der Waals surface area contributed by atoms with Gasteiger partial charge in [-0.25, -0.2) is 8.78 Å². The van der Waals surface area contributed by atoms with Crippen LogP contribution in [0.4, 0.5) is 8.78 Å². The van der Waals surface area contributed by atoms with Crippen LogP contribution in [-0.2, 0) is 11.2 Å². The molecule has 0 saturated heterocycles. The molecule has 0 bridgehead atoms. The van der Waals surface area contributed by atoms with Gasteiger partial charge in [-0.2, -0.15) is 0 Å². The summed E-state index contributed by atoms with van der Waals surface area (Å²) in [5.74, 6) is 0.236. The van der Waals surface area contributed by atoms with Gasteiger partial charge in [0.2, 0.25) is 5.91 Å². The molecule has 0 aliphatic rings. The van der Waals surface area contributed by atoms with Crippen molar-refractivity contribution in [2.45, 2.75) is 17.7 Å². The molecule has 2 nitrogen and oxygen atoms in total. The molecule has 0 aromatic heterocycles. The summed E-state index contributed by atoms with van der Waals surface area (Å²) in [6.45, 7) is 0.591. The van der Waals surface area contributed by atoms with Crippen LogP contribution in [0.15, 0.2) is 53.4 Å². The largest absolute Gasteiger partial charge is 0.356 e. The van der Waals surface area contributed by atoms with E-state index in [0.29, 0.717) is 6.54 Å². The van der Waals surface area contributed by atoms with Crippen LogP contribution in [0.1, 0.15) is 12.0 Å². The van der Waals surface area contributed by atoms with Crippen molar-refractivity contribution in [2.75, 3.05) is 12.3 Å². The van der Waals surface area contributed by atoms with Crippen molar-refractivity contribution in [1.82, 2.24) is 5.32 Å². The Morgan fingerprint density at radius 3 is 2.18 bits per heavy atom. The molecular weight excluding hydrogens is 304 g/mol. The summed E-state index contributed by atoms with van der Waals surface area (Å²) in [5.41, 5.74) is 0.791. The average molecular weight is 321 g/mol. The Bertz CT molecular complexity index is 599. The number of carbonyl (C=O) groups is 1. The number of thioether (sulfide) groups is 1. The molecule has 1 N–H and O–H groups in total. The first-order chi connectivity index (χ1) is 10.6. The summed E-state index contributed by atoms with van der Waals surface area (Å²) in [6, 6.07) is 12.3. The summed E-state index contributed by atoms with van der Waals surface area (Å²) in [4.78, 5) is 12.7. The summed E-state index contributed by atoms with van der Waals surface area (Å²) in [6.07, 6.45) is 1.09. The van der Waals surface area contributed by atoms with Crippen molar-refractivity contribution in [3.8, 4) is 0 Å². The third kappa shape index (κ3) is 5.85. The zero-order chi connectivity index (χ0) is 15.8. The van der Waals surface area contributed by atoms with Gasteiger partial charge in [0, 0.05) is 11.4 Å². The van der Waals surface area contributed by atoms with Gasteiger partial charge in [0.15, 0.2) is 0 Å². The van der Waals surface area contributed by atoms with Crippen LogP contribution in [0.2, 0.25) is 0 Å². The van der Waals surface area contributed by atoms with E-state index < -0.39 is 0 Å². The van der Waals surface area contributed by atoms with E-state index in [-0.39, 0.29) is 24.0 Å². The van der Waals surface area contributed by atoms with Gasteiger partial charge in [-0.15, -0.1) is 11.8 Å². The highest BCUT2D eigenvalue weighted by molar-refractivity contribution is 7.99. The van der Waals surface area contributed by atoms with Gasteiger partial charge in [-0.05, 0) is 54.1 Å². The molecule has 0 radical (unpaired) electrons. The van der Waals surface area contributed by atoms with Crippen LogP contribution >= 0.6 is 11.8 Å². The van der Waals surface area contributed by atoms with E-state index in [9.17, 15) is 13.6 Å². The third-order valence-electron chi connectivity index (χ3n) is 3.00. The number of amides is 1.